The molecule has 0 saturated heterocycles. The molecule has 1 atom stereocenters. The first-order chi connectivity index (χ1) is 7.78. The number of carbonyl (C=O) groups excluding carboxylic acids is 1. The van der Waals surface area contributed by atoms with Crippen molar-refractivity contribution in [2.24, 2.45) is 5.73 Å². The highest BCUT2D eigenvalue weighted by Crippen LogP contribution is 2.15. The molecule has 0 aliphatic carbocycles. The van der Waals surface area contributed by atoms with Crippen molar-refractivity contribution < 1.29 is 18.0 Å². The smallest absolute Gasteiger partial charge is 0.353 e. The van der Waals surface area contributed by atoms with Crippen LogP contribution in [0.15, 0.2) is 0 Å². The van der Waals surface area contributed by atoms with E-state index < -0.39 is 18.6 Å². The van der Waals surface area contributed by atoms with E-state index in [9.17, 15) is 18.0 Å². The SMILES string of the molecule is CCC(C)NC(=O)CN(CCN)CC(F)(F)F. The molecule has 3 N–H and O–H groups in total. The number of hydrogen-bond acceptors (Lipinski definition) is 3. The molecular formula is C10H20F3N3O. The molecule has 0 aromatic carbocycles. The zero-order valence-corrected chi connectivity index (χ0v) is 10.2. The van der Waals surface area contributed by atoms with Gasteiger partial charge in [0.05, 0.1) is 13.1 Å². The number of amides is 1. The van der Waals surface area contributed by atoms with Crippen molar-refractivity contribution in [2.75, 3.05) is 26.2 Å². The Morgan fingerprint density at radius 1 is 1.47 bits per heavy atom. The highest BCUT2D eigenvalue weighted by atomic mass is 19.4. The van der Waals surface area contributed by atoms with Crippen LogP contribution in [0.2, 0.25) is 0 Å². The summed E-state index contributed by atoms with van der Waals surface area (Å²) in [4.78, 5) is 12.4. The maximum atomic E-state index is 12.2. The van der Waals surface area contributed by atoms with E-state index in [1.807, 2.05) is 6.92 Å². The van der Waals surface area contributed by atoms with E-state index in [1.165, 1.54) is 0 Å². The average Bonchev–Trinajstić information content (AvgIpc) is 2.14. The summed E-state index contributed by atoms with van der Waals surface area (Å²) in [6, 6.07) is -0.0342. The molecule has 0 spiro atoms. The van der Waals surface area contributed by atoms with E-state index in [0.29, 0.717) is 0 Å². The van der Waals surface area contributed by atoms with Crippen molar-refractivity contribution in [1.82, 2.24) is 10.2 Å². The van der Waals surface area contributed by atoms with Gasteiger partial charge in [-0.05, 0) is 13.3 Å². The number of halogens is 3. The second-order valence-electron chi connectivity index (χ2n) is 3.99. The average molecular weight is 255 g/mol. The third kappa shape index (κ3) is 8.93. The molecule has 0 aliphatic heterocycles. The third-order valence-corrected chi connectivity index (χ3v) is 2.24. The van der Waals surface area contributed by atoms with Crippen LogP contribution < -0.4 is 11.1 Å². The third-order valence-electron chi connectivity index (χ3n) is 2.24. The summed E-state index contributed by atoms with van der Waals surface area (Å²) in [6.45, 7) is 2.44. The Kier molecular flexibility index (Phi) is 7.13. The van der Waals surface area contributed by atoms with Gasteiger partial charge in [0, 0.05) is 19.1 Å². The number of rotatable bonds is 7. The van der Waals surface area contributed by atoms with Gasteiger partial charge >= 0.3 is 6.18 Å². The van der Waals surface area contributed by atoms with Gasteiger partial charge in [-0.1, -0.05) is 6.92 Å². The van der Waals surface area contributed by atoms with Gasteiger partial charge in [0.1, 0.15) is 0 Å². The van der Waals surface area contributed by atoms with Crippen LogP contribution in [0.1, 0.15) is 20.3 Å². The van der Waals surface area contributed by atoms with Crippen molar-refractivity contribution in [3.63, 3.8) is 0 Å². The summed E-state index contributed by atoms with van der Waals surface area (Å²) in [5.41, 5.74) is 5.21. The quantitative estimate of drug-likeness (QED) is 0.705. The Balaban J connectivity index is 4.19. The fraction of sp³-hybridized carbons (Fsp3) is 0.900. The minimum absolute atomic E-state index is 0.0342. The second kappa shape index (κ2) is 7.50. The molecule has 102 valence electrons. The highest BCUT2D eigenvalue weighted by molar-refractivity contribution is 5.78. The molecule has 0 bridgehead atoms. The first kappa shape index (κ1) is 16.2. The maximum Gasteiger partial charge on any atom is 0.401 e. The van der Waals surface area contributed by atoms with Crippen molar-refractivity contribution in [3.05, 3.63) is 0 Å². The number of nitrogens with one attached hydrogen (secondary N) is 1. The van der Waals surface area contributed by atoms with Crippen molar-refractivity contribution in [2.45, 2.75) is 32.5 Å². The Morgan fingerprint density at radius 3 is 2.47 bits per heavy atom. The number of nitrogens with two attached hydrogens (primary N) is 1. The van der Waals surface area contributed by atoms with Crippen molar-refractivity contribution in [1.29, 1.82) is 0 Å². The van der Waals surface area contributed by atoms with Crippen LogP contribution in [0.4, 0.5) is 13.2 Å². The maximum absolute atomic E-state index is 12.2. The molecule has 0 fully saturated rings. The van der Waals surface area contributed by atoms with E-state index in [2.05, 4.69) is 5.32 Å². The van der Waals surface area contributed by atoms with E-state index in [4.69, 9.17) is 5.73 Å². The minimum Gasteiger partial charge on any atom is -0.353 e. The van der Waals surface area contributed by atoms with Crippen LogP contribution in [-0.2, 0) is 4.79 Å². The van der Waals surface area contributed by atoms with Gasteiger partial charge in [0.15, 0.2) is 0 Å². The molecule has 1 unspecified atom stereocenters. The monoisotopic (exact) mass is 255 g/mol. The van der Waals surface area contributed by atoms with Gasteiger partial charge in [0.25, 0.3) is 0 Å². The van der Waals surface area contributed by atoms with Crippen LogP contribution in [0.3, 0.4) is 0 Å². The van der Waals surface area contributed by atoms with Gasteiger partial charge in [-0.25, -0.2) is 0 Å². The predicted octanol–water partition coefficient (Wildman–Crippen LogP) is 0.724. The molecule has 0 aromatic heterocycles. The summed E-state index contributed by atoms with van der Waals surface area (Å²) in [7, 11) is 0. The molecule has 0 radical (unpaired) electrons. The Hall–Kier alpha value is -0.820. The summed E-state index contributed by atoms with van der Waals surface area (Å²) in [5.74, 6) is -0.406. The fourth-order valence-corrected chi connectivity index (χ4v) is 1.28. The Bertz CT molecular complexity index is 233. The van der Waals surface area contributed by atoms with E-state index in [0.717, 1.165) is 11.3 Å². The molecular weight excluding hydrogens is 235 g/mol. The molecule has 4 nitrogen and oxygen atoms in total. The van der Waals surface area contributed by atoms with Crippen LogP contribution in [-0.4, -0.2) is 49.2 Å². The summed E-state index contributed by atoms with van der Waals surface area (Å²) >= 11 is 0. The zero-order valence-electron chi connectivity index (χ0n) is 10.2. The number of carbonyl (C=O) groups is 1. The standard InChI is InChI=1S/C10H20F3N3O/c1-3-8(2)15-9(17)6-16(5-4-14)7-10(11,12)13/h8H,3-7,14H2,1-2H3,(H,15,17). The Morgan fingerprint density at radius 2 is 2.06 bits per heavy atom. The first-order valence-corrected chi connectivity index (χ1v) is 5.57. The second-order valence-corrected chi connectivity index (χ2v) is 3.99. The number of alkyl halides is 3. The molecule has 0 rings (SSSR count). The molecule has 17 heavy (non-hydrogen) atoms. The van der Waals surface area contributed by atoms with Crippen LogP contribution in [0, 0.1) is 0 Å². The molecule has 0 saturated carbocycles. The predicted molar refractivity (Wildman–Crippen MR) is 59.4 cm³/mol. The lowest BCUT2D eigenvalue weighted by molar-refractivity contribution is -0.148. The molecule has 7 heteroatoms. The van der Waals surface area contributed by atoms with Crippen LogP contribution >= 0.6 is 0 Å². The van der Waals surface area contributed by atoms with Crippen molar-refractivity contribution in [3.8, 4) is 0 Å². The van der Waals surface area contributed by atoms with Crippen LogP contribution in [0.25, 0.3) is 0 Å². The molecule has 0 aromatic rings. The van der Waals surface area contributed by atoms with E-state index in [-0.39, 0.29) is 25.7 Å². The van der Waals surface area contributed by atoms with Crippen molar-refractivity contribution >= 4 is 5.91 Å². The van der Waals surface area contributed by atoms with Gasteiger partial charge < -0.3 is 11.1 Å². The Labute approximate surface area is 99.3 Å². The lowest BCUT2D eigenvalue weighted by Gasteiger charge is -2.23. The molecule has 1 amide bonds. The highest BCUT2D eigenvalue weighted by Gasteiger charge is 2.31. The number of nitrogens with zero attached hydrogens (tertiary/aromatic N) is 1. The van der Waals surface area contributed by atoms with E-state index >= 15 is 0 Å². The summed E-state index contributed by atoms with van der Waals surface area (Å²) in [6.07, 6.45) is -3.58. The summed E-state index contributed by atoms with van der Waals surface area (Å²) in [5, 5.41) is 2.62. The lowest BCUT2D eigenvalue weighted by Crippen LogP contribution is -2.45. The van der Waals surface area contributed by atoms with Crippen LogP contribution in [0.5, 0.6) is 0 Å². The van der Waals surface area contributed by atoms with E-state index in [1.54, 1.807) is 6.92 Å². The van der Waals surface area contributed by atoms with Gasteiger partial charge in [0.2, 0.25) is 5.91 Å². The largest absolute Gasteiger partial charge is 0.401 e. The molecule has 0 heterocycles. The van der Waals surface area contributed by atoms with Gasteiger partial charge in [-0.2, -0.15) is 13.2 Å². The first-order valence-electron chi connectivity index (χ1n) is 5.57. The minimum atomic E-state index is -4.31. The number of hydrogen-bond donors (Lipinski definition) is 2. The van der Waals surface area contributed by atoms with Gasteiger partial charge in [-0.15, -0.1) is 0 Å². The zero-order chi connectivity index (χ0) is 13.5. The topological polar surface area (TPSA) is 58.4 Å². The normalized spacial score (nSPS) is 13.8. The molecule has 0 aliphatic rings. The summed E-state index contributed by atoms with van der Waals surface area (Å²) < 4.78 is 36.6. The fourth-order valence-electron chi connectivity index (χ4n) is 1.28. The lowest BCUT2D eigenvalue weighted by atomic mass is 10.2. The van der Waals surface area contributed by atoms with Gasteiger partial charge in [-0.3, -0.25) is 9.69 Å².